The summed E-state index contributed by atoms with van der Waals surface area (Å²) in [7, 11) is 0. The number of halogens is 1. The summed E-state index contributed by atoms with van der Waals surface area (Å²) in [6.45, 7) is -0.119. The van der Waals surface area contributed by atoms with Crippen molar-refractivity contribution in [3.8, 4) is 0 Å². The molecule has 0 radical (unpaired) electrons. The Morgan fingerprint density at radius 3 is 3.00 bits per heavy atom. The molecule has 2 N–H and O–H groups in total. The van der Waals surface area contributed by atoms with Gasteiger partial charge in [0.2, 0.25) is 5.69 Å². The van der Waals surface area contributed by atoms with E-state index in [1.807, 2.05) is 0 Å². The fraction of sp³-hybridized carbons (Fsp3) is 0.222. The van der Waals surface area contributed by atoms with E-state index in [2.05, 4.69) is 21.4 Å². The number of aliphatic hydroxyl groups excluding tert-OH is 1. The summed E-state index contributed by atoms with van der Waals surface area (Å²) >= 11 is 3.20. The predicted molar refractivity (Wildman–Crippen MR) is 56.2 cm³/mol. The van der Waals surface area contributed by atoms with Gasteiger partial charge in [-0.05, 0) is 28.1 Å². The molecule has 0 bridgehead atoms. The molecule has 2 heterocycles. The first-order valence-corrected chi connectivity index (χ1v) is 5.13. The first-order chi connectivity index (χ1) is 7.20. The van der Waals surface area contributed by atoms with E-state index < -0.39 is 6.10 Å². The van der Waals surface area contributed by atoms with Gasteiger partial charge in [0.05, 0.1) is 11.1 Å². The molecule has 1 aliphatic rings. The van der Waals surface area contributed by atoms with Crippen LogP contribution in [0.4, 0.5) is 0 Å². The van der Waals surface area contributed by atoms with E-state index in [-0.39, 0.29) is 6.61 Å². The maximum atomic E-state index is 11.5. The van der Waals surface area contributed by atoms with Crippen LogP contribution in [0, 0.1) is 5.21 Å². The molecule has 6 heteroatoms. The largest absolute Gasteiger partial charge is 0.618 e. The standard InChI is InChI=1S/C9H9BrN2O3/c10-6-1-2-9(12(14)4-6)8-3-7(5-13)15-11-8/h1-4,7,11,13H,5H2. The molecule has 1 atom stereocenters. The molecule has 0 fully saturated rings. The van der Waals surface area contributed by atoms with Gasteiger partial charge < -0.3 is 10.3 Å². The first kappa shape index (κ1) is 10.4. The van der Waals surface area contributed by atoms with Crippen LogP contribution in [0.1, 0.15) is 5.69 Å². The van der Waals surface area contributed by atoms with Crippen LogP contribution < -0.4 is 10.2 Å². The van der Waals surface area contributed by atoms with Crippen molar-refractivity contribution in [2.45, 2.75) is 6.10 Å². The highest BCUT2D eigenvalue weighted by molar-refractivity contribution is 9.10. The number of aromatic nitrogens is 1. The zero-order valence-electron chi connectivity index (χ0n) is 7.68. The second-order valence-corrected chi connectivity index (χ2v) is 4.00. The van der Waals surface area contributed by atoms with E-state index in [9.17, 15) is 5.21 Å². The maximum absolute atomic E-state index is 11.5. The highest BCUT2D eigenvalue weighted by Crippen LogP contribution is 2.16. The summed E-state index contributed by atoms with van der Waals surface area (Å²) in [5, 5.41) is 20.4. The van der Waals surface area contributed by atoms with E-state index >= 15 is 0 Å². The van der Waals surface area contributed by atoms with Crippen LogP contribution in [0.5, 0.6) is 0 Å². The SMILES string of the molecule is [O-][n+]1cc(Br)ccc1C1=CC(CO)ON1. The Bertz CT molecular complexity index is 408. The third-order valence-electron chi connectivity index (χ3n) is 2.01. The third-order valence-corrected chi connectivity index (χ3v) is 2.48. The van der Waals surface area contributed by atoms with Crippen LogP contribution in [0.15, 0.2) is 28.9 Å². The predicted octanol–water partition coefficient (Wildman–Crippen LogP) is 0.319. The Morgan fingerprint density at radius 2 is 2.40 bits per heavy atom. The monoisotopic (exact) mass is 272 g/mol. The number of rotatable bonds is 2. The number of hydrogen-bond donors (Lipinski definition) is 2. The lowest BCUT2D eigenvalue weighted by atomic mass is 10.2. The summed E-state index contributed by atoms with van der Waals surface area (Å²) in [6.07, 6.45) is 2.67. The van der Waals surface area contributed by atoms with Gasteiger partial charge in [0, 0.05) is 6.07 Å². The lowest BCUT2D eigenvalue weighted by molar-refractivity contribution is -0.608. The van der Waals surface area contributed by atoms with Crippen molar-refractivity contribution in [2.24, 2.45) is 0 Å². The first-order valence-electron chi connectivity index (χ1n) is 4.34. The maximum Gasteiger partial charge on any atom is 0.241 e. The quantitative estimate of drug-likeness (QED) is 0.601. The summed E-state index contributed by atoms with van der Waals surface area (Å²) in [5.41, 5.74) is 3.62. The molecule has 2 rings (SSSR count). The summed E-state index contributed by atoms with van der Waals surface area (Å²) < 4.78 is 1.44. The minimum absolute atomic E-state index is 0.119. The van der Waals surface area contributed by atoms with E-state index in [4.69, 9.17) is 9.94 Å². The molecular formula is C9H9BrN2O3. The van der Waals surface area contributed by atoms with Crippen molar-refractivity contribution < 1.29 is 14.7 Å². The summed E-state index contributed by atoms with van der Waals surface area (Å²) in [5.74, 6) is 0. The molecule has 0 spiro atoms. The van der Waals surface area contributed by atoms with Gasteiger partial charge >= 0.3 is 0 Å². The molecule has 15 heavy (non-hydrogen) atoms. The van der Waals surface area contributed by atoms with Crippen molar-refractivity contribution in [1.82, 2.24) is 5.48 Å². The number of nitrogens with one attached hydrogen (secondary N) is 1. The van der Waals surface area contributed by atoms with E-state index in [1.165, 1.54) is 6.20 Å². The van der Waals surface area contributed by atoms with Crippen molar-refractivity contribution in [3.05, 3.63) is 39.8 Å². The van der Waals surface area contributed by atoms with Crippen LogP contribution >= 0.6 is 15.9 Å². The van der Waals surface area contributed by atoms with Gasteiger partial charge in [0.25, 0.3) is 0 Å². The molecule has 0 aliphatic carbocycles. The second kappa shape index (κ2) is 4.18. The van der Waals surface area contributed by atoms with E-state index in [0.29, 0.717) is 15.9 Å². The van der Waals surface area contributed by atoms with Crippen molar-refractivity contribution in [3.63, 3.8) is 0 Å². The molecule has 0 aromatic carbocycles. The highest BCUT2D eigenvalue weighted by atomic mass is 79.9. The molecule has 1 aromatic heterocycles. The van der Waals surface area contributed by atoms with Gasteiger partial charge in [-0.25, -0.2) is 0 Å². The van der Waals surface area contributed by atoms with Gasteiger partial charge in [0.1, 0.15) is 11.8 Å². The third kappa shape index (κ3) is 2.11. The molecule has 1 aromatic rings. The van der Waals surface area contributed by atoms with Gasteiger partial charge in [-0.1, -0.05) is 0 Å². The Balaban J connectivity index is 2.31. The van der Waals surface area contributed by atoms with Crippen LogP contribution in [-0.4, -0.2) is 17.8 Å². The van der Waals surface area contributed by atoms with Crippen LogP contribution in [0.25, 0.3) is 5.70 Å². The van der Waals surface area contributed by atoms with Crippen LogP contribution in [-0.2, 0) is 4.84 Å². The number of hydroxylamine groups is 1. The number of aliphatic hydroxyl groups is 1. The van der Waals surface area contributed by atoms with Crippen molar-refractivity contribution >= 4 is 21.6 Å². The van der Waals surface area contributed by atoms with Gasteiger partial charge in [-0.2, -0.15) is 4.73 Å². The number of hydrogen-bond acceptors (Lipinski definition) is 4. The fourth-order valence-corrected chi connectivity index (χ4v) is 1.60. The van der Waals surface area contributed by atoms with Crippen LogP contribution in [0.2, 0.25) is 0 Å². The van der Waals surface area contributed by atoms with Gasteiger partial charge in [-0.15, -0.1) is 0 Å². The average Bonchev–Trinajstić information content (AvgIpc) is 2.66. The number of nitrogens with zero attached hydrogens (tertiary/aromatic N) is 1. The van der Waals surface area contributed by atoms with Gasteiger partial charge in [0.15, 0.2) is 6.20 Å². The average molecular weight is 273 g/mol. The molecule has 1 unspecified atom stereocenters. The molecular weight excluding hydrogens is 264 g/mol. The zero-order chi connectivity index (χ0) is 10.8. The molecule has 80 valence electrons. The molecule has 0 amide bonds. The molecule has 0 saturated carbocycles. The zero-order valence-corrected chi connectivity index (χ0v) is 9.27. The van der Waals surface area contributed by atoms with Crippen LogP contribution in [0.3, 0.4) is 0 Å². The Kier molecular flexibility index (Phi) is 2.90. The molecule has 1 aliphatic heterocycles. The van der Waals surface area contributed by atoms with Gasteiger partial charge in [-0.3, -0.25) is 10.3 Å². The Labute approximate surface area is 94.7 Å². The van der Waals surface area contributed by atoms with Crippen molar-refractivity contribution in [2.75, 3.05) is 6.61 Å². The fourth-order valence-electron chi connectivity index (χ4n) is 1.29. The minimum atomic E-state index is -0.399. The van der Waals surface area contributed by atoms with E-state index in [0.717, 1.165) is 4.73 Å². The molecule has 5 nitrogen and oxygen atoms in total. The minimum Gasteiger partial charge on any atom is -0.618 e. The summed E-state index contributed by atoms with van der Waals surface area (Å²) in [6, 6.07) is 3.43. The van der Waals surface area contributed by atoms with Crippen molar-refractivity contribution in [1.29, 1.82) is 0 Å². The van der Waals surface area contributed by atoms with E-state index in [1.54, 1.807) is 18.2 Å². The lowest BCUT2D eigenvalue weighted by Gasteiger charge is -2.05. The second-order valence-electron chi connectivity index (χ2n) is 3.08. The molecule has 0 saturated heterocycles. The number of pyridine rings is 1. The smallest absolute Gasteiger partial charge is 0.241 e. The Morgan fingerprint density at radius 1 is 1.60 bits per heavy atom. The topological polar surface area (TPSA) is 68.4 Å². The Hall–Kier alpha value is -1.11. The highest BCUT2D eigenvalue weighted by Gasteiger charge is 2.21. The summed E-state index contributed by atoms with van der Waals surface area (Å²) in [4.78, 5) is 5.00. The lowest BCUT2D eigenvalue weighted by Crippen LogP contribution is -2.32. The normalized spacial score (nSPS) is 19.9.